The van der Waals surface area contributed by atoms with Crippen molar-refractivity contribution in [1.82, 2.24) is 20.2 Å². The molecule has 1 atom stereocenters. The summed E-state index contributed by atoms with van der Waals surface area (Å²) in [6, 6.07) is 8.78. The van der Waals surface area contributed by atoms with Crippen LogP contribution in [0.5, 0.6) is 5.75 Å². The minimum atomic E-state index is 0.202. The first-order valence-corrected chi connectivity index (χ1v) is 9.73. The fourth-order valence-electron chi connectivity index (χ4n) is 3.85. The van der Waals surface area contributed by atoms with Crippen molar-refractivity contribution < 1.29 is 4.74 Å². The van der Waals surface area contributed by atoms with Crippen molar-refractivity contribution >= 4 is 0 Å². The smallest absolute Gasteiger partial charge is 0.145 e. The SMILES string of the molecule is CC(C)Oc1cccc(CN2CCc3nc([C@H]4CCCN4)ncc3C2)c1. The van der Waals surface area contributed by atoms with Crippen LogP contribution >= 0.6 is 0 Å². The molecule has 0 saturated carbocycles. The van der Waals surface area contributed by atoms with E-state index in [1.165, 1.54) is 23.2 Å². The second-order valence-electron chi connectivity index (χ2n) is 7.62. The van der Waals surface area contributed by atoms with E-state index in [0.717, 1.165) is 50.6 Å². The molecule has 138 valence electrons. The Kier molecular flexibility index (Phi) is 5.18. The maximum absolute atomic E-state index is 5.82. The van der Waals surface area contributed by atoms with E-state index < -0.39 is 0 Å². The molecule has 5 heteroatoms. The molecule has 0 amide bonds. The Morgan fingerprint density at radius 3 is 3.08 bits per heavy atom. The van der Waals surface area contributed by atoms with Gasteiger partial charge in [0.1, 0.15) is 11.6 Å². The van der Waals surface area contributed by atoms with E-state index in [2.05, 4.69) is 47.2 Å². The molecule has 1 aromatic heterocycles. The zero-order chi connectivity index (χ0) is 17.9. The van der Waals surface area contributed by atoms with Crippen LogP contribution in [0.15, 0.2) is 30.5 Å². The number of nitrogens with zero attached hydrogens (tertiary/aromatic N) is 3. The standard InChI is InChI=1S/C21H28N4O/c1-15(2)26-18-6-3-5-16(11-18)13-25-10-8-19-17(14-25)12-23-21(24-19)20-7-4-9-22-20/h3,5-6,11-12,15,20,22H,4,7-10,13-14H2,1-2H3/t20-/m1/s1. The molecular formula is C21H28N4O. The number of nitrogens with one attached hydrogen (secondary N) is 1. The van der Waals surface area contributed by atoms with Crippen molar-refractivity contribution in [2.45, 2.75) is 58.3 Å². The van der Waals surface area contributed by atoms with E-state index in [1.807, 2.05) is 12.3 Å². The van der Waals surface area contributed by atoms with Crippen molar-refractivity contribution in [1.29, 1.82) is 0 Å². The van der Waals surface area contributed by atoms with Crippen LogP contribution in [0.25, 0.3) is 0 Å². The molecule has 0 radical (unpaired) electrons. The van der Waals surface area contributed by atoms with Gasteiger partial charge in [-0.1, -0.05) is 12.1 Å². The summed E-state index contributed by atoms with van der Waals surface area (Å²) in [5.74, 6) is 1.93. The number of hydrogen-bond acceptors (Lipinski definition) is 5. The van der Waals surface area contributed by atoms with Crippen molar-refractivity contribution in [2.75, 3.05) is 13.1 Å². The number of ether oxygens (including phenoxy) is 1. The molecule has 0 spiro atoms. The average molecular weight is 352 g/mol. The van der Waals surface area contributed by atoms with Gasteiger partial charge in [-0.15, -0.1) is 0 Å². The first kappa shape index (κ1) is 17.4. The van der Waals surface area contributed by atoms with Gasteiger partial charge in [-0.25, -0.2) is 9.97 Å². The minimum absolute atomic E-state index is 0.202. The second-order valence-corrected chi connectivity index (χ2v) is 7.62. The third kappa shape index (κ3) is 4.05. The Morgan fingerprint density at radius 1 is 1.35 bits per heavy atom. The zero-order valence-corrected chi connectivity index (χ0v) is 15.7. The lowest BCUT2D eigenvalue weighted by molar-refractivity contribution is 0.235. The fourth-order valence-corrected chi connectivity index (χ4v) is 3.85. The molecule has 4 rings (SSSR count). The molecule has 3 heterocycles. The summed E-state index contributed by atoms with van der Waals surface area (Å²) in [7, 11) is 0. The van der Waals surface area contributed by atoms with Crippen LogP contribution in [0, 0.1) is 0 Å². The van der Waals surface area contributed by atoms with E-state index in [-0.39, 0.29) is 6.10 Å². The summed E-state index contributed by atoms with van der Waals surface area (Å²) in [4.78, 5) is 12.0. The number of aromatic nitrogens is 2. The maximum atomic E-state index is 5.82. The molecule has 0 aliphatic carbocycles. The molecule has 1 saturated heterocycles. The fraction of sp³-hybridized carbons (Fsp3) is 0.524. The van der Waals surface area contributed by atoms with Crippen LogP contribution in [-0.2, 0) is 19.5 Å². The van der Waals surface area contributed by atoms with Gasteiger partial charge in [0, 0.05) is 43.5 Å². The van der Waals surface area contributed by atoms with Gasteiger partial charge in [-0.05, 0) is 50.9 Å². The Bertz CT molecular complexity index is 755. The molecular weight excluding hydrogens is 324 g/mol. The number of benzene rings is 1. The Balaban J connectivity index is 1.42. The van der Waals surface area contributed by atoms with Gasteiger partial charge >= 0.3 is 0 Å². The van der Waals surface area contributed by atoms with Crippen molar-refractivity contribution in [3.63, 3.8) is 0 Å². The van der Waals surface area contributed by atoms with Crippen LogP contribution in [0.2, 0.25) is 0 Å². The summed E-state index contributed by atoms with van der Waals surface area (Å²) < 4.78 is 5.82. The molecule has 5 nitrogen and oxygen atoms in total. The molecule has 2 aliphatic heterocycles. The largest absolute Gasteiger partial charge is 0.491 e. The first-order chi connectivity index (χ1) is 12.7. The maximum Gasteiger partial charge on any atom is 0.145 e. The highest BCUT2D eigenvalue weighted by Crippen LogP contribution is 2.24. The summed E-state index contributed by atoms with van der Waals surface area (Å²) in [5.41, 5.74) is 3.80. The highest BCUT2D eigenvalue weighted by molar-refractivity contribution is 5.29. The lowest BCUT2D eigenvalue weighted by Gasteiger charge is -2.28. The lowest BCUT2D eigenvalue weighted by Crippen LogP contribution is -2.31. The van der Waals surface area contributed by atoms with Gasteiger partial charge in [-0.2, -0.15) is 0 Å². The number of fused-ring (bicyclic) bond motifs is 1. The molecule has 1 fully saturated rings. The molecule has 0 bridgehead atoms. The minimum Gasteiger partial charge on any atom is -0.491 e. The van der Waals surface area contributed by atoms with Crippen LogP contribution in [0.1, 0.15) is 55.4 Å². The van der Waals surface area contributed by atoms with Gasteiger partial charge in [0.05, 0.1) is 12.1 Å². The first-order valence-electron chi connectivity index (χ1n) is 9.73. The molecule has 1 N–H and O–H groups in total. The van der Waals surface area contributed by atoms with Crippen LogP contribution in [0.3, 0.4) is 0 Å². The zero-order valence-electron chi connectivity index (χ0n) is 15.7. The predicted molar refractivity (Wildman–Crippen MR) is 102 cm³/mol. The van der Waals surface area contributed by atoms with E-state index >= 15 is 0 Å². The highest BCUT2D eigenvalue weighted by Gasteiger charge is 2.23. The summed E-state index contributed by atoms with van der Waals surface area (Å²) in [6.45, 7) is 8.09. The molecule has 2 aliphatic rings. The van der Waals surface area contributed by atoms with Crippen molar-refractivity contribution in [2.24, 2.45) is 0 Å². The van der Waals surface area contributed by atoms with Crippen LogP contribution in [-0.4, -0.2) is 34.1 Å². The van der Waals surface area contributed by atoms with Gasteiger partial charge in [0.2, 0.25) is 0 Å². The second kappa shape index (κ2) is 7.72. The third-order valence-corrected chi connectivity index (χ3v) is 5.08. The Hall–Kier alpha value is -1.98. The number of rotatable bonds is 5. The van der Waals surface area contributed by atoms with Gasteiger partial charge in [0.25, 0.3) is 0 Å². The van der Waals surface area contributed by atoms with Gasteiger partial charge < -0.3 is 10.1 Å². The molecule has 26 heavy (non-hydrogen) atoms. The number of hydrogen-bond donors (Lipinski definition) is 1. The van der Waals surface area contributed by atoms with Crippen LogP contribution in [0.4, 0.5) is 0 Å². The Labute approximate surface area is 155 Å². The quantitative estimate of drug-likeness (QED) is 0.895. The average Bonchev–Trinajstić information content (AvgIpc) is 3.16. The summed E-state index contributed by atoms with van der Waals surface area (Å²) in [5, 5.41) is 3.49. The van der Waals surface area contributed by atoms with E-state index in [9.17, 15) is 0 Å². The van der Waals surface area contributed by atoms with Gasteiger partial charge in [-0.3, -0.25) is 4.90 Å². The van der Waals surface area contributed by atoms with Crippen LogP contribution < -0.4 is 10.1 Å². The normalized spacial score (nSPS) is 20.3. The highest BCUT2D eigenvalue weighted by atomic mass is 16.5. The molecule has 2 aromatic rings. The van der Waals surface area contributed by atoms with E-state index in [0.29, 0.717) is 6.04 Å². The molecule has 0 unspecified atom stereocenters. The lowest BCUT2D eigenvalue weighted by atomic mass is 10.1. The van der Waals surface area contributed by atoms with E-state index in [1.54, 1.807) is 0 Å². The summed E-state index contributed by atoms with van der Waals surface area (Å²) in [6.07, 6.45) is 5.62. The monoisotopic (exact) mass is 352 g/mol. The predicted octanol–water partition coefficient (Wildman–Crippen LogP) is 3.25. The third-order valence-electron chi connectivity index (χ3n) is 5.08. The van der Waals surface area contributed by atoms with Gasteiger partial charge in [0.15, 0.2) is 0 Å². The van der Waals surface area contributed by atoms with Crippen molar-refractivity contribution in [3.05, 3.63) is 53.1 Å². The Morgan fingerprint density at radius 2 is 2.27 bits per heavy atom. The van der Waals surface area contributed by atoms with Crippen molar-refractivity contribution in [3.8, 4) is 5.75 Å². The topological polar surface area (TPSA) is 50.3 Å². The molecule has 1 aromatic carbocycles. The van der Waals surface area contributed by atoms with E-state index in [4.69, 9.17) is 9.72 Å². The summed E-state index contributed by atoms with van der Waals surface area (Å²) >= 11 is 0.